The SMILES string of the molecule is CCC(C)C(=O)NC(CC)C(C)=O.[HH]. The van der Waals surface area contributed by atoms with E-state index in [9.17, 15) is 9.59 Å². The lowest BCUT2D eigenvalue weighted by Crippen LogP contribution is -2.41. The third-order valence-corrected chi connectivity index (χ3v) is 2.28. The summed E-state index contributed by atoms with van der Waals surface area (Å²) in [6.07, 6.45) is 1.47. The number of ketones is 1. The molecular weight excluding hydrogens is 166 g/mol. The minimum absolute atomic E-state index is 0. The van der Waals surface area contributed by atoms with Crippen LogP contribution < -0.4 is 5.32 Å². The second-order valence-corrected chi connectivity index (χ2v) is 3.39. The molecule has 0 aliphatic heterocycles. The molecule has 0 aliphatic carbocycles. The van der Waals surface area contributed by atoms with Gasteiger partial charge in [0.1, 0.15) is 0 Å². The van der Waals surface area contributed by atoms with Crippen LogP contribution in [0.5, 0.6) is 0 Å². The van der Waals surface area contributed by atoms with E-state index in [0.29, 0.717) is 6.42 Å². The first-order valence-electron chi connectivity index (χ1n) is 4.83. The summed E-state index contributed by atoms with van der Waals surface area (Å²) in [5.41, 5.74) is 0. The molecule has 2 atom stereocenters. The highest BCUT2D eigenvalue weighted by atomic mass is 16.2. The third-order valence-electron chi connectivity index (χ3n) is 2.28. The summed E-state index contributed by atoms with van der Waals surface area (Å²) in [5.74, 6) is -0.00268. The topological polar surface area (TPSA) is 46.2 Å². The van der Waals surface area contributed by atoms with Crippen LogP contribution in [0.25, 0.3) is 0 Å². The van der Waals surface area contributed by atoms with Crippen molar-refractivity contribution in [3.8, 4) is 0 Å². The first-order valence-corrected chi connectivity index (χ1v) is 4.83. The lowest BCUT2D eigenvalue weighted by atomic mass is 10.1. The van der Waals surface area contributed by atoms with E-state index < -0.39 is 0 Å². The molecule has 0 aromatic carbocycles. The van der Waals surface area contributed by atoms with Gasteiger partial charge >= 0.3 is 0 Å². The van der Waals surface area contributed by atoms with Crippen molar-refractivity contribution in [2.45, 2.75) is 46.6 Å². The Bertz CT molecular complexity index is 195. The van der Waals surface area contributed by atoms with Crippen LogP contribution in [0.1, 0.15) is 42.0 Å². The summed E-state index contributed by atoms with van der Waals surface area (Å²) in [6, 6.07) is -0.304. The molecule has 0 saturated carbocycles. The van der Waals surface area contributed by atoms with Gasteiger partial charge < -0.3 is 5.32 Å². The summed E-state index contributed by atoms with van der Waals surface area (Å²) in [6.45, 7) is 7.22. The molecular formula is C10H21NO2. The van der Waals surface area contributed by atoms with E-state index in [2.05, 4.69) is 5.32 Å². The lowest BCUT2D eigenvalue weighted by Gasteiger charge is -2.16. The summed E-state index contributed by atoms with van der Waals surface area (Å²) in [7, 11) is 0. The number of hydrogen-bond donors (Lipinski definition) is 1. The maximum Gasteiger partial charge on any atom is 0.223 e. The molecule has 1 amide bonds. The van der Waals surface area contributed by atoms with Gasteiger partial charge in [0.15, 0.2) is 5.78 Å². The molecule has 13 heavy (non-hydrogen) atoms. The second kappa shape index (κ2) is 5.73. The summed E-state index contributed by atoms with van der Waals surface area (Å²) in [4.78, 5) is 22.4. The minimum Gasteiger partial charge on any atom is -0.346 e. The molecule has 0 aromatic rings. The Balaban J connectivity index is 0. The fourth-order valence-corrected chi connectivity index (χ4v) is 0.991. The Morgan fingerprint density at radius 1 is 1.31 bits per heavy atom. The molecule has 0 fully saturated rings. The van der Waals surface area contributed by atoms with E-state index in [1.54, 1.807) is 0 Å². The molecule has 3 heteroatoms. The standard InChI is InChI=1S/C10H19NO2.H2/c1-5-7(3)10(13)11-9(6-2)8(4)12;/h7,9H,5-6H2,1-4H3,(H,11,13);1H. The van der Waals surface area contributed by atoms with Gasteiger partial charge in [0, 0.05) is 7.34 Å². The Labute approximate surface area is 81.4 Å². The quantitative estimate of drug-likeness (QED) is 0.713. The maximum atomic E-state index is 11.4. The van der Waals surface area contributed by atoms with Crippen molar-refractivity contribution < 1.29 is 11.0 Å². The normalized spacial score (nSPS) is 14.8. The van der Waals surface area contributed by atoms with Gasteiger partial charge in [-0.2, -0.15) is 0 Å². The van der Waals surface area contributed by atoms with Gasteiger partial charge in [-0.15, -0.1) is 0 Å². The number of nitrogens with one attached hydrogen (secondary N) is 1. The highest BCUT2D eigenvalue weighted by molar-refractivity contribution is 5.88. The fourth-order valence-electron chi connectivity index (χ4n) is 0.991. The highest BCUT2D eigenvalue weighted by Gasteiger charge is 2.17. The zero-order valence-electron chi connectivity index (χ0n) is 8.89. The number of hydrogen-bond acceptors (Lipinski definition) is 2. The van der Waals surface area contributed by atoms with E-state index in [0.717, 1.165) is 6.42 Å². The van der Waals surface area contributed by atoms with E-state index >= 15 is 0 Å². The van der Waals surface area contributed by atoms with Crippen molar-refractivity contribution in [3.05, 3.63) is 0 Å². The van der Waals surface area contributed by atoms with Crippen LogP contribution >= 0.6 is 0 Å². The Kier molecular flexibility index (Phi) is 5.35. The fraction of sp³-hybridized carbons (Fsp3) is 0.800. The number of amides is 1. The van der Waals surface area contributed by atoms with Crippen LogP contribution in [0, 0.1) is 5.92 Å². The molecule has 0 rings (SSSR count). The first-order chi connectivity index (χ1) is 6.02. The number of Topliss-reactive ketones (excluding diaryl/α,β-unsaturated/α-hetero) is 1. The zero-order valence-corrected chi connectivity index (χ0v) is 8.89. The molecule has 2 unspecified atom stereocenters. The van der Waals surface area contributed by atoms with Gasteiger partial charge in [0.2, 0.25) is 5.91 Å². The number of carbonyl (C=O) groups is 2. The Hall–Kier alpha value is -0.860. The molecule has 0 spiro atoms. The average Bonchev–Trinajstić information content (AvgIpc) is 2.11. The van der Waals surface area contributed by atoms with Gasteiger partial charge in [0.05, 0.1) is 6.04 Å². The maximum absolute atomic E-state index is 11.4. The Morgan fingerprint density at radius 2 is 1.85 bits per heavy atom. The molecule has 0 aliphatic rings. The van der Waals surface area contributed by atoms with E-state index in [4.69, 9.17) is 0 Å². The first kappa shape index (κ1) is 12.1. The van der Waals surface area contributed by atoms with E-state index in [1.807, 2.05) is 20.8 Å². The van der Waals surface area contributed by atoms with Gasteiger partial charge in [-0.3, -0.25) is 9.59 Å². The molecule has 3 nitrogen and oxygen atoms in total. The highest BCUT2D eigenvalue weighted by Crippen LogP contribution is 2.02. The second-order valence-electron chi connectivity index (χ2n) is 3.39. The van der Waals surface area contributed by atoms with E-state index in [1.165, 1.54) is 6.92 Å². The van der Waals surface area contributed by atoms with Crippen LogP contribution in [0.2, 0.25) is 0 Å². The van der Waals surface area contributed by atoms with Crippen molar-refractivity contribution in [1.82, 2.24) is 5.32 Å². The molecule has 1 N–H and O–H groups in total. The van der Waals surface area contributed by atoms with Crippen LogP contribution in [0.4, 0.5) is 0 Å². The van der Waals surface area contributed by atoms with Crippen molar-refractivity contribution in [2.24, 2.45) is 5.92 Å². The Morgan fingerprint density at radius 3 is 2.15 bits per heavy atom. The average molecular weight is 187 g/mol. The van der Waals surface area contributed by atoms with Gasteiger partial charge in [0.25, 0.3) is 0 Å². The van der Waals surface area contributed by atoms with Crippen molar-refractivity contribution in [1.29, 1.82) is 0 Å². The summed E-state index contributed by atoms with van der Waals surface area (Å²) in [5, 5.41) is 2.73. The summed E-state index contributed by atoms with van der Waals surface area (Å²) >= 11 is 0. The number of rotatable bonds is 5. The molecule has 78 valence electrons. The van der Waals surface area contributed by atoms with Crippen molar-refractivity contribution >= 4 is 11.7 Å². The summed E-state index contributed by atoms with van der Waals surface area (Å²) < 4.78 is 0. The predicted molar refractivity (Wildman–Crippen MR) is 54.5 cm³/mol. The van der Waals surface area contributed by atoms with Crippen LogP contribution in [0.3, 0.4) is 0 Å². The molecule has 0 saturated heterocycles. The minimum atomic E-state index is -0.304. The van der Waals surface area contributed by atoms with Crippen LogP contribution in [-0.2, 0) is 9.59 Å². The van der Waals surface area contributed by atoms with Gasteiger partial charge in [-0.25, -0.2) is 0 Å². The molecule has 0 aromatic heterocycles. The third kappa shape index (κ3) is 4.06. The molecule has 0 radical (unpaired) electrons. The monoisotopic (exact) mass is 187 g/mol. The largest absolute Gasteiger partial charge is 0.346 e. The van der Waals surface area contributed by atoms with Crippen LogP contribution in [0.15, 0.2) is 0 Å². The van der Waals surface area contributed by atoms with Crippen LogP contribution in [-0.4, -0.2) is 17.7 Å². The van der Waals surface area contributed by atoms with E-state index in [-0.39, 0.29) is 25.1 Å². The molecule has 0 bridgehead atoms. The van der Waals surface area contributed by atoms with Gasteiger partial charge in [-0.1, -0.05) is 20.8 Å². The lowest BCUT2D eigenvalue weighted by molar-refractivity contribution is -0.129. The van der Waals surface area contributed by atoms with Gasteiger partial charge in [-0.05, 0) is 19.8 Å². The van der Waals surface area contributed by atoms with Crippen molar-refractivity contribution in [3.63, 3.8) is 0 Å². The predicted octanol–water partition coefficient (Wildman–Crippen LogP) is 1.76. The van der Waals surface area contributed by atoms with Crippen molar-refractivity contribution in [2.75, 3.05) is 0 Å². The zero-order chi connectivity index (χ0) is 10.4. The smallest absolute Gasteiger partial charge is 0.223 e. The number of carbonyl (C=O) groups excluding carboxylic acids is 2. The molecule has 0 heterocycles.